The van der Waals surface area contributed by atoms with Gasteiger partial charge in [0.25, 0.3) is 0 Å². The molecule has 0 radical (unpaired) electrons. The van der Waals surface area contributed by atoms with Crippen molar-refractivity contribution in [2.75, 3.05) is 26.2 Å². The van der Waals surface area contributed by atoms with Crippen molar-refractivity contribution in [2.45, 2.75) is 276 Å². The SMILES string of the molecule is CC(C)C[C@H](NC(=O)[C@@H]1CCCN1C(=O)[C@@H](N)CCCCN)C(=O)N[C@@H](Cc1ccccc1)C(=O)N[C@H](C(=O)N[C@H](C(=O)N[C@@H](CC(=O)O)C(=O)N[C@@H](CCC(=O)O)C(=O)N[C@@H](CCCCN)C(=O)N[C@@H](CCC(=O)O)C(=O)N[C@H](C(=O)N[C@H](C(=O)N[C@H](C(=O)NCC(=O)N[C@H](C(=O)O)[C@@H](C)O)C(C)C)C(C)C)C(C)C)C(C)C)[C@@H](C)O. The van der Waals surface area contributed by atoms with Crippen LogP contribution in [0.2, 0.25) is 0 Å². The van der Waals surface area contributed by atoms with Gasteiger partial charge < -0.3 is 122 Å². The van der Waals surface area contributed by atoms with Crippen molar-refractivity contribution in [3.63, 3.8) is 0 Å². The second-order valence-electron chi connectivity index (χ2n) is 31.0. The lowest BCUT2D eigenvalue weighted by Gasteiger charge is -2.30. The summed E-state index contributed by atoms with van der Waals surface area (Å²) in [5, 5.41) is 91.2. The molecule has 16 atom stereocenters. The third-order valence-corrected chi connectivity index (χ3v) is 19.1. The van der Waals surface area contributed by atoms with Crippen molar-refractivity contribution in [1.29, 1.82) is 0 Å². The Morgan fingerprint density at radius 3 is 1.24 bits per heavy atom. The smallest absolute Gasteiger partial charge is 0.328 e. The molecule has 41 nitrogen and oxygen atoms in total. The van der Waals surface area contributed by atoms with Crippen molar-refractivity contribution in [1.82, 2.24) is 74.0 Å². The fourth-order valence-corrected chi connectivity index (χ4v) is 12.4. The molecule has 658 valence electrons. The average molecular weight is 1660 g/mol. The zero-order valence-corrected chi connectivity index (χ0v) is 68.7. The maximum Gasteiger partial charge on any atom is 0.328 e. The van der Waals surface area contributed by atoms with E-state index in [1.807, 2.05) is 0 Å². The largest absolute Gasteiger partial charge is 0.481 e. The number of likely N-dealkylation sites (tertiary alicyclic amines) is 1. The Hall–Kier alpha value is -10.5. The van der Waals surface area contributed by atoms with Gasteiger partial charge >= 0.3 is 23.9 Å². The monoisotopic (exact) mass is 1660 g/mol. The molecule has 1 aliphatic rings. The molecule has 0 spiro atoms. The van der Waals surface area contributed by atoms with E-state index >= 15 is 0 Å². The number of carbonyl (C=O) groups is 18. The second kappa shape index (κ2) is 51.5. The van der Waals surface area contributed by atoms with Crippen LogP contribution in [0, 0.1) is 29.6 Å². The van der Waals surface area contributed by atoms with Crippen LogP contribution in [0.5, 0.6) is 0 Å². The minimum atomic E-state index is -2.13. The van der Waals surface area contributed by atoms with Crippen LogP contribution in [0.3, 0.4) is 0 Å². The quantitative estimate of drug-likeness (QED) is 0.0273. The Labute approximate surface area is 680 Å². The highest BCUT2D eigenvalue weighted by molar-refractivity contribution is 6.01. The van der Waals surface area contributed by atoms with Gasteiger partial charge in [-0.1, -0.05) is 106 Å². The lowest BCUT2D eigenvalue weighted by atomic mass is 9.97. The summed E-state index contributed by atoms with van der Waals surface area (Å²) < 4.78 is 0. The predicted molar refractivity (Wildman–Crippen MR) is 421 cm³/mol. The van der Waals surface area contributed by atoms with Gasteiger partial charge in [-0.25, -0.2) is 4.79 Å². The molecule has 117 heavy (non-hydrogen) atoms. The van der Waals surface area contributed by atoms with Crippen LogP contribution < -0.4 is 86.3 Å². The van der Waals surface area contributed by atoms with Gasteiger partial charge in [0.1, 0.15) is 72.5 Å². The van der Waals surface area contributed by atoms with Gasteiger partial charge in [0.15, 0.2) is 6.04 Å². The van der Waals surface area contributed by atoms with Crippen LogP contribution in [0.4, 0.5) is 0 Å². The summed E-state index contributed by atoms with van der Waals surface area (Å²) in [7, 11) is 0. The van der Waals surface area contributed by atoms with E-state index in [-0.39, 0.29) is 57.5 Å². The second-order valence-corrected chi connectivity index (χ2v) is 31.0. The molecule has 25 N–H and O–H groups in total. The van der Waals surface area contributed by atoms with E-state index in [2.05, 4.69) is 69.1 Å². The standard InChI is InChI=1S/C76H125N17O24/c1-37(2)33-49(85-69(109)52-25-20-32-93(52)75(115)45(79)23-16-18-30-77)66(106)84-50(34-44-21-14-13-15-22-44)68(108)92-61(42(11)94)74(114)91-58(39(5)6)71(111)86-51(35-56(101)102)67(107)83-47(26-28-54(97)98)64(104)81-46(24-17-19-31-78)63(103)82-48(27-29-55(99)100)65(105)88-59(40(7)8)72(112)90-60(41(9)10)73(113)89-57(38(3)4)70(110)80-36-53(96)87-62(43(12)95)76(116)117/h13-15,21-22,37-43,45-52,57-62,94-95H,16-20,23-36,77-79H2,1-12H3,(H,80,110)(H,81,104)(H,82,103)(H,83,107)(H,84,106)(H,85,109)(H,86,111)(H,87,96)(H,88,105)(H,89,113)(H,90,112)(H,91,114)(H,92,108)(H,97,98)(H,99,100)(H,101,102)(H,116,117)/t42-,43-,45+,46+,47+,48+,49+,50+,51+,52+,57+,58+,59+,60+,61+,62+/m1/s1. The van der Waals surface area contributed by atoms with E-state index in [9.17, 15) is 117 Å². The normalized spacial score (nSPS) is 16.5. The molecule has 0 aromatic heterocycles. The van der Waals surface area contributed by atoms with Crippen molar-refractivity contribution in [3.8, 4) is 0 Å². The van der Waals surface area contributed by atoms with Crippen LogP contribution in [0.15, 0.2) is 30.3 Å². The number of rotatable bonds is 54. The number of amides is 14. The van der Waals surface area contributed by atoms with E-state index in [1.165, 1.54) is 46.4 Å². The van der Waals surface area contributed by atoms with E-state index in [1.54, 1.807) is 58.0 Å². The van der Waals surface area contributed by atoms with Gasteiger partial charge in [0.05, 0.1) is 31.2 Å². The molecule has 1 aliphatic heterocycles. The van der Waals surface area contributed by atoms with Crippen molar-refractivity contribution >= 4 is 107 Å². The van der Waals surface area contributed by atoms with Gasteiger partial charge in [-0.3, -0.25) is 81.5 Å². The molecule has 1 aromatic rings. The number of benzene rings is 1. The molecule has 1 heterocycles. The Kier molecular flexibility index (Phi) is 45.2. The van der Waals surface area contributed by atoms with Crippen LogP contribution in [-0.4, -0.2) is 265 Å². The molecule has 0 unspecified atom stereocenters. The van der Waals surface area contributed by atoms with E-state index < -0.39 is 266 Å². The van der Waals surface area contributed by atoms with Crippen molar-refractivity contribution in [2.24, 2.45) is 46.8 Å². The number of carbonyl (C=O) groups excluding carboxylic acids is 14. The third-order valence-electron chi connectivity index (χ3n) is 19.1. The number of aliphatic hydroxyl groups excluding tert-OH is 2. The fourth-order valence-electron chi connectivity index (χ4n) is 12.4. The molecule has 0 bridgehead atoms. The first-order valence-corrected chi connectivity index (χ1v) is 39.4. The highest BCUT2D eigenvalue weighted by Gasteiger charge is 2.42. The summed E-state index contributed by atoms with van der Waals surface area (Å²) in [6.45, 7) is 17.8. The highest BCUT2D eigenvalue weighted by atomic mass is 16.4. The molecule has 14 amide bonds. The minimum Gasteiger partial charge on any atom is -0.481 e. The zero-order valence-electron chi connectivity index (χ0n) is 68.7. The van der Waals surface area contributed by atoms with Gasteiger partial charge in [-0.2, -0.15) is 0 Å². The number of nitrogens with zero attached hydrogens (tertiary/aromatic N) is 1. The Morgan fingerprint density at radius 1 is 0.419 bits per heavy atom. The number of nitrogens with two attached hydrogens (primary N) is 3. The van der Waals surface area contributed by atoms with E-state index in [0.717, 1.165) is 13.8 Å². The molecule has 41 heteroatoms. The summed E-state index contributed by atoms with van der Waals surface area (Å²) in [4.78, 5) is 246. The summed E-state index contributed by atoms with van der Waals surface area (Å²) in [6, 6.07) is -13.5. The van der Waals surface area contributed by atoms with Crippen LogP contribution in [0.25, 0.3) is 0 Å². The third kappa shape index (κ3) is 36.3. The number of hydrogen-bond donors (Lipinski definition) is 22. The Morgan fingerprint density at radius 2 is 0.803 bits per heavy atom. The fraction of sp³-hybridized carbons (Fsp3) is 0.684. The first-order chi connectivity index (χ1) is 54.8. The molecule has 0 saturated carbocycles. The number of unbranched alkanes of at least 4 members (excludes halogenated alkanes) is 2. The molecule has 2 rings (SSSR count). The molecular formula is C76H125N17O24. The van der Waals surface area contributed by atoms with Gasteiger partial charge in [0.2, 0.25) is 82.7 Å². The van der Waals surface area contributed by atoms with E-state index in [0.29, 0.717) is 37.8 Å². The number of carboxylic acids is 4. The first kappa shape index (κ1) is 103. The molecule has 0 aliphatic carbocycles. The van der Waals surface area contributed by atoms with Gasteiger partial charge in [0, 0.05) is 25.8 Å². The Bertz CT molecular complexity index is 3550. The average Bonchev–Trinajstić information content (AvgIpc) is 1.80. The number of aliphatic carboxylic acids is 4. The molecule has 1 saturated heterocycles. The van der Waals surface area contributed by atoms with Crippen molar-refractivity contribution in [3.05, 3.63) is 35.9 Å². The number of nitrogens with one attached hydrogen (secondary N) is 13. The lowest BCUT2D eigenvalue weighted by molar-refractivity contribution is -0.145. The highest BCUT2D eigenvalue weighted by Crippen LogP contribution is 2.22. The number of carboxylic acid groups (broad SMARTS) is 4. The lowest BCUT2D eigenvalue weighted by Crippen LogP contribution is -2.63. The van der Waals surface area contributed by atoms with Crippen molar-refractivity contribution < 1.29 is 117 Å². The van der Waals surface area contributed by atoms with Crippen LogP contribution in [-0.2, 0) is 92.7 Å². The van der Waals surface area contributed by atoms with Gasteiger partial charge in [-0.15, -0.1) is 0 Å². The first-order valence-electron chi connectivity index (χ1n) is 39.4. The summed E-state index contributed by atoms with van der Waals surface area (Å²) in [6.07, 6.45) is -5.29. The number of hydrogen-bond acceptors (Lipinski definition) is 23. The molecule has 1 fully saturated rings. The topological polar surface area (TPSA) is 666 Å². The summed E-state index contributed by atoms with van der Waals surface area (Å²) in [5.74, 6) is -23.6. The van der Waals surface area contributed by atoms with E-state index in [4.69, 9.17) is 17.2 Å². The predicted octanol–water partition coefficient (Wildman–Crippen LogP) is -4.54. The molecular weight excluding hydrogens is 1530 g/mol. The Balaban J connectivity index is 2.48. The summed E-state index contributed by atoms with van der Waals surface area (Å²) in [5.41, 5.74) is 18.1. The van der Waals surface area contributed by atoms with Crippen LogP contribution in [0.1, 0.15) is 179 Å². The zero-order chi connectivity index (χ0) is 88.8. The van der Waals surface area contributed by atoms with Crippen LogP contribution >= 0.6 is 0 Å². The minimum absolute atomic E-state index is 0.0517. The maximum absolute atomic E-state index is 14.5. The molecule has 1 aromatic carbocycles. The van der Waals surface area contributed by atoms with Gasteiger partial charge in [-0.05, 0) is 126 Å². The summed E-state index contributed by atoms with van der Waals surface area (Å²) >= 11 is 0. The maximum atomic E-state index is 14.5. The number of aliphatic hydroxyl groups is 2.